The first-order valence-corrected chi connectivity index (χ1v) is 12.9. The molecule has 0 N–H and O–H groups in total. The Morgan fingerprint density at radius 3 is 1.69 bits per heavy atom. The number of hydrogen-bond acceptors (Lipinski definition) is 1. The second-order valence-electron chi connectivity index (χ2n) is 9.68. The van der Waals surface area contributed by atoms with Crippen molar-refractivity contribution in [3.05, 3.63) is 123 Å². The van der Waals surface area contributed by atoms with Gasteiger partial charge in [-0.3, -0.25) is 0 Å². The van der Waals surface area contributed by atoms with E-state index < -0.39 is 92.1 Å². The van der Waals surface area contributed by atoms with Gasteiger partial charge < -0.3 is 4.74 Å². The molecule has 1 nitrogen and oxygen atoms in total. The van der Waals surface area contributed by atoms with Crippen LogP contribution in [0.15, 0.2) is 54.6 Å². The van der Waals surface area contributed by atoms with Crippen LogP contribution in [0.1, 0.15) is 47.6 Å². The van der Waals surface area contributed by atoms with E-state index in [9.17, 15) is 52.7 Å². The summed E-state index contributed by atoms with van der Waals surface area (Å²) in [6, 6.07) is 4.69. The zero-order valence-corrected chi connectivity index (χ0v) is 22.8. The quantitative estimate of drug-likeness (QED) is 0.144. The second kappa shape index (κ2) is 12.8. The van der Waals surface area contributed by atoms with E-state index in [-0.39, 0.29) is 18.2 Å². The fraction of sp³-hybridized carbons (Fsp3) is 0.188. The van der Waals surface area contributed by atoms with Crippen molar-refractivity contribution in [3.8, 4) is 28.7 Å². The molecule has 4 aromatic rings. The number of aryl methyl sites for hydroxylation is 1. The van der Waals surface area contributed by atoms with Gasteiger partial charge in [0.25, 0.3) is 0 Å². The Hall–Kier alpha value is -4.60. The van der Waals surface area contributed by atoms with Crippen LogP contribution in [-0.4, -0.2) is 0 Å². The maximum atomic E-state index is 14.8. The fourth-order valence-corrected chi connectivity index (χ4v) is 4.32. The second-order valence-corrected chi connectivity index (χ2v) is 9.68. The van der Waals surface area contributed by atoms with Gasteiger partial charge in [0.05, 0.1) is 5.56 Å². The highest BCUT2D eigenvalue weighted by molar-refractivity contribution is 5.66. The molecule has 0 aliphatic rings. The standard InChI is InChI=1S/C32H18F12O/c1-2-3-4-16-9-22(33)21(23(34)10-16)7-5-17-11-25(36)30(26(37)12-17)32(43,44)45-19-6-8-20(24(35)15-19)18-13-27(38)29(28(39)14-18)31(40,41)42/h6,8-15H,2-4H2,1H3. The molecule has 0 saturated heterocycles. The number of unbranched alkanes of at least 4 members (excludes halogenated alkanes) is 1. The number of hydrogen-bond donors (Lipinski definition) is 0. The van der Waals surface area contributed by atoms with Gasteiger partial charge >= 0.3 is 12.3 Å². The van der Waals surface area contributed by atoms with Crippen molar-refractivity contribution >= 4 is 0 Å². The van der Waals surface area contributed by atoms with Gasteiger partial charge in [-0.25, -0.2) is 30.7 Å². The molecule has 0 heterocycles. The van der Waals surface area contributed by atoms with Gasteiger partial charge in [-0.2, -0.15) is 22.0 Å². The van der Waals surface area contributed by atoms with E-state index in [1.807, 2.05) is 6.92 Å². The average molecular weight is 646 g/mol. The first-order valence-electron chi connectivity index (χ1n) is 12.9. The van der Waals surface area contributed by atoms with Crippen LogP contribution in [-0.2, 0) is 18.7 Å². The van der Waals surface area contributed by atoms with Gasteiger partial charge in [0.15, 0.2) is 0 Å². The molecule has 236 valence electrons. The first kappa shape index (κ1) is 33.3. The molecule has 0 unspecified atom stereocenters. The molecule has 0 radical (unpaired) electrons. The highest BCUT2D eigenvalue weighted by Gasteiger charge is 2.41. The Bertz CT molecular complexity index is 1750. The van der Waals surface area contributed by atoms with Gasteiger partial charge in [-0.05, 0) is 72.5 Å². The number of ether oxygens (including phenoxy) is 1. The molecular weight excluding hydrogens is 628 g/mol. The third kappa shape index (κ3) is 7.38. The van der Waals surface area contributed by atoms with Crippen molar-refractivity contribution in [3.63, 3.8) is 0 Å². The number of alkyl halides is 5. The summed E-state index contributed by atoms with van der Waals surface area (Å²) in [5, 5.41) is 0. The minimum Gasteiger partial charge on any atom is -0.429 e. The van der Waals surface area contributed by atoms with Crippen molar-refractivity contribution < 1.29 is 57.4 Å². The maximum Gasteiger partial charge on any atom is 0.432 e. The monoisotopic (exact) mass is 646 g/mol. The zero-order valence-electron chi connectivity index (χ0n) is 22.8. The summed E-state index contributed by atoms with van der Waals surface area (Å²) in [7, 11) is 0. The topological polar surface area (TPSA) is 9.23 Å². The highest BCUT2D eigenvalue weighted by atomic mass is 19.4. The van der Waals surface area contributed by atoms with E-state index in [4.69, 9.17) is 0 Å². The highest BCUT2D eigenvalue weighted by Crippen LogP contribution is 2.39. The number of rotatable bonds is 7. The molecule has 4 rings (SSSR count). The molecule has 45 heavy (non-hydrogen) atoms. The SMILES string of the molecule is CCCCc1cc(F)c(C#Cc2cc(F)c(C(F)(F)Oc3ccc(-c4cc(F)c(C(F)(F)F)c(F)c4)c(F)c3)c(F)c2)c(F)c1. The Labute approximate surface area is 248 Å². The summed E-state index contributed by atoms with van der Waals surface area (Å²) in [6.45, 7) is 1.89. The van der Waals surface area contributed by atoms with Crippen LogP contribution >= 0.6 is 0 Å². The predicted octanol–water partition coefficient (Wildman–Crippen LogP) is 10.2. The zero-order chi connectivity index (χ0) is 33.3. The van der Waals surface area contributed by atoms with Crippen LogP contribution < -0.4 is 4.74 Å². The third-order valence-electron chi connectivity index (χ3n) is 6.41. The molecule has 0 atom stereocenters. The summed E-state index contributed by atoms with van der Waals surface area (Å²) in [5.74, 6) is -8.26. The van der Waals surface area contributed by atoms with Gasteiger partial charge in [0, 0.05) is 17.2 Å². The Morgan fingerprint density at radius 2 is 1.18 bits per heavy atom. The lowest BCUT2D eigenvalue weighted by Gasteiger charge is -2.20. The Balaban J connectivity index is 1.58. The van der Waals surface area contributed by atoms with Crippen molar-refractivity contribution in [2.45, 2.75) is 38.5 Å². The predicted molar refractivity (Wildman–Crippen MR) is 139 cm³/mol. The third-order valence-corrected chi connectivity index (χ3v) is 6.41. The van der Waals surface area contributed by atoms with Crippen molar-refractivity contribution in [1.82, 2.24) is 0 Å². The van der Waals surface area contributed by atoms with Gasteiger partial charge in [-0.15, -0.1) is 0 Å². The summed E-state index contributed by atoms with van der Waals surface area (Å²) >= 11 is 0. The van der Waals surface area contributed by atoms with Gasteiger partial charge in [0.1, 0.15) is 57.6 Å². The van der Waals surface area contributed by atoms with Crippen LogP contribution in [0.3, 0.4) is 0 Å². The average Bonchev–Trinajstić information content (AvgIpc) is 2.89. The lowest BCUT2D eigenvalue weighted by molar-refractivity contribution is -0.189. The normalized spacial score (nSPS) is 11.8. The molecule has 0 saturated carbocycles. The molecule has 0 amide bonds. The van der Waals surface area contributed by atoms with E-state index in [0.717, 1.165) is 18.6 Å². The summed E-state index contributed by atoms with van der Waals surface area (Å²) in [5.41, 5.74) is -6.47. The van der Waals surface area contributed by atoms with Crippen molar-refractivity contribution in [2.75, 3.05) is 0 Å². The molecule has 4 aromatic carbocycles. The van der Waals surface area contributed by atoms with Crippen LogP contribution in [0.2, 0.25) is 0 Å². The molecule has 0 bridgehead atoms. The van der Waals surface area contributed by atoms with E-state index in [0.29, 0.717) is 42.7 Å². The summed E-state index contributed by atoms with van der Waals surface area (Å²) in [4.78, 5) is 0. The smallest absolute Gasteiger partial charge is 0.429 e. The molecule has 0 fully saturated rings. The number of halogens is 12. The van der Waals surface area contributed by atoms with E-state index in [1.54, 1.807) is 0 Å². The molecule has 0 aromatic heterocycles. The van der Waals surface area contributed by atoms with Crippen LogP contribution in [0, 0.1) is 52.6 Å². The molecule has 13 heteroatoms. The van der Waals surface area contributed by atoms with E-state index in [2.05, 4.69) is 16.6 Å². The summed E-state index contributed by atoms with van der Waals surface area (Å²) < 4.78 is 173. The molecule has 0 aliphatic carbocycles. The van der Waals surface area contributed by atoms with Gasteiger partial charge in [-0.1, -0.05) is 25.2 Å². The van der Waals surface area contributed by atoms with Gasteiger partial charge in [0.2, 0.25) is 0 Å². The molecule has 0 spiro atoms. The van der Waals surface area contributed by atoms with Crippen molar-refractivity contribution in [2.24, 2.45) is 0 Å². The van der Waals surface area contributed by atoms with E-state index in [1.165, 1.54) is 0 Å². The minimum absolute atomic E-state index is 0.181. The van der Waals surface area contributed by atoms with Crippen LogP contribution in [0.4, 0.5) is 52.7 Å². The molecule has 0 aliphatic heterocycles. The van der Waals surface area contributed by atoms with Crippen LogP contribution in [0.25, 0.3) is 11.1 Å². The first-order chi connectivity index (χ1) is 21.0. The lowest BCUT2D eigenvalue weighted by atomic mass is 10.0. The Morgan fingerprint density at radius 1 is 0.622 bits per heavy atom. The number of benzene rings is 4. The van der Waals surface area contributed by atoms with E-state index >= 15 is 0 Å². The van der Waals surface area contributed by atoms with Crippen LogP contribution in [0.5, 0.6) is 5.75 Å². The lowest BCUT2D eigenvalue weighted by Crippen LogP contribution is -2.25. The maximum absolute atomic E-state index is 14.8. The minimum atomic E-state index is -5.39. The summed E-state index contributed by atoms with van der Waals surface area (Å²) in [6.07, 6.45) is -8.31. The largest absolute Gasteiger partial charge is 0.432 e. The fourth-order valence-electron chi connectivity index (χ4n) is 4.32. The molecular formula is C32H18F12O. The Kier molecular flexibility index (Phi) is 9.46. The van der Waals surface area contributed by atoms with Crippen molar-refractivity contribution in [1.29, 1.82) is 0 Å².